The van der Waals surface area contributed by atoms with Crippen molar-refractivity contribution in [3.05, 3.63) is 23.8 Å². The molecule has 0 fully saturated rings. The van der Waals surface area contributed by atoms with Crippen molar-refractivity contribution in [2.75, 3.05) is 32.8 Å². The van der Waals surface area contributed by atoms with Crippen molar-refractivity contribution in [1.29, 1.82) is 0 Å². The summed E-state index contributed by atoms with van der Waals surface area (Å²) in [6.07, 6.45) is 0.931. The molecule has 1 aliphatic heterocycles. The van der Waals surface area contributed by atoms with Gasteiger partial charge in [-0.1, -0.05) is 19.9 Å². The van der Waals surface area contributed by atoms with Crippen LogP contribution in [0, 0.1) is 0 Å². The number of benzene rings is 1. The third-order valence-corrected chi connectivity index (χ3v) is 3.63. The molecular weight excluding hydrogens is 240 g/mol. The fourth-order valence-corrected chi connectivity index (χ4v) is 2.55. The van der Waals surface area contributed by atoms with Gasteiger partial charge in [0.25, 0.3) is 0 Å². The number of nitrogens with zero attached hydrogens (tertiary/aromatic N) is 1. The highest BCUT2D eigenvalue weighted by atomic mass is 16.5. The quantitative estimate of drug-likeness (QED) is 0.885. The maximum Gasteiger partial charge on any atom is 0.161 e. The smallest absolute Gasteiger partial charge is 0.161 e. The van der Waals surface area contributed by atoms with Gasteiger partial charge in [0.15, 0.2) is 11.5 Å². The molecule has 0 aliphatic carbocycles. The summed E-state index contributed by atoms with van der Waals surface area (Å²) < 4.78 is 11.4. The van der Waals surface area contributed by atoms with Crippen LogP contribution in [0.3, 0.4) is 0 Å². The lowest BCUT2D eigenvalue weighted by Gasteiger charge is -2.29. The second-order valence-corrected chi connectivity index (χ2v) is 4.73. The topological polar surface area (TPSA) is 47.7 Å². The third kappa shape index (κ3) is 3.19. The van der Waals surface area contributed by atoms with Gasteiger partial charge in [0.05, 0.1) is 13.2 Å². The van der Waals surface area contributed by atoms with E-state index in [2.05, 4.69) is 30.9 Å². The number of rotatable bonds is 5. The molecule has 0 saturated heterocycles. The van der Waals surface area contributed by atoms with Gasteiger partial charge in [-0.15, -0.1) is 0 Å². The number of nitrogens with two attached hydrogens (primary N) is 1. The Kier molecular flexibility index (Phi) is 5.05. The second kappa shape index (κ2) is 6.78. The first kappa shape index (κ1) is 14.2. The largest absolute Gasteiger partial charge is 0.490 e. The summed E-state index contributed by atoms with van der Waals surface area (Å²) >= 11 is 0. The van der Waals surface area contributed by atoms with Gasteiger partial charge in [-0.2, -0.15) is 0 Å². The van der Waals surface area contributed by atoms with Crippen molar-refractivity contribution < 1.29 is 9.47 Å². The van der Waals surface area contributed by atoms with Gasteiger partial charge >= 0.3 is 0 Å². The minimum atomic E-state index is 0.243. The number of ether oxygens (including phenoxy) is 2. The molecule has 1 aromatic carbocycles. The Morgan fingerprint density at radius 1 is 1.16 bits per heavy atom. The number of likely N-dealkylation sites (N-methyl/N-ethyl adjacent to an activating group) is 1. The molecular formula is C15H24N2O2. The minimum Gasteiger partial charge on any atom is -0.490 e. The zero-order valence-electron chi connectivity index (χ0n) is 11.9. The zero-order valence-corrected chi connectivity index (χ0v) is 11.9. The van der Waals surface area contributed by atoms with Gasteiger partial charge in [-0.3, -0.25) is 4.90 Å². The molecule has 0 aromatic heterocycles. The lowest BCUT2D eigenvalue weighted by atomic mass is 10.0. The van der Waals surface area contributed by atoms with Gasteiger partial charge in [0, 0.05) is 19.0 Å². The molecule has 4 nitrogen and oxygen atoms in total. The van der Waals surface area contributed by atoms with Crippen LogP contribution in [0.1, 0.15) is 31.9 Å². The standard InChI is InChI=1S/C15H24N2O2/c1-3-17(4-2)13(11-16)12-6-7-14-15(10-12)19-9-5-8-18-14/h6-7,10,13H,3-5,8-9,11,16H2,1-2H3. The SMILES string of the molecule is CCN(CC)C(CN)c1ccc2c(c1)OCCCO2. The molecule has 0 saturated carbocycles. The van der Waals surface area contributed by atoms with Crippen LogP contribution < -0.4 is 15.2 Å². The summed E-state index contributed by atoms with van der Waals surface area (Å²) in [5.74, 6) is 1.69. The Morgan fingerprint density at radius 3 is 2.47 bits per heavy atom. The van der Waals surface area contributed by atoms with Crippen LogP contribution in [-0.2, 0) is 0 Å². The van der Waals surface area contributed by atoms with Crippen LogP contribution in [0.15, 0.2) is 18.2 Å². The van der Waals surface area contributed by atoms with Crippen LogP contribution in [0.2, 0.25) is 0 Å². The van der Waals surface area contributed by atoms with E-state index in [1.54, 1.807) is 0 Å². The maximum atomic E-state index is 5.95. The van der Waals surface area contributed by atoms with Crippen molar-refractivity contribution in [1.82, 2.24) is 4.90 Å². The van der Waals surface area contributed by atoms with E-state index < -0.39 is 0 Å². The van der Waals surface area contributed by atoms with E-state index in [1.165, 1.54) is 5.56 Å². The minimum absolute atomic E-state index is 0.243. The Morgan fingerprint density at radius 2 is 1.84 bits per heavy atom. The fourth-order valence-electron chi connectivity index (χ4n) is 2.55. The Bertz CT molecular complexity index is 405. The van der Waals surface area contributed by atoms with E-state index in [0.29, 0.717) is 6.54 Å². The molecule has 2 rings (SSSR count). The Balaban J connectivity index is 2.26. The van der Waals surface area contributed by atoms with Crippen LogP contribution in [0.25, 0.3) is 0 Å². The summed E-state index contributed by atoms with van der Waals surface area (Å²) in [6, 6.07) is 6.43. The van der Waals surface area contributed by atoms with Crippen molar-refractivity contribution in [3.8, 4) is 11.5 Å². The third-order valence-electron chi connectivity index (χ3n) is 3.63. The van der Waals surface area contributed by atoms with Gasteiger partial charge in [0.2, 0.25) is 0 Å². The first-order valence-electron chi connectivity index (χ1n) is 7.13. The zero-order chi connectivity index (χ0) is 13.7. The average molecular weight is 264 g/mol. The summed E-state index contributed by atoms with van der Waals surface area (Å²) in [7, 11) is 0. The second-order valence-electron chi connectivity index (χ2n) is 4.73. The van der Waals surface area contributed by atoms with Gasteiger partial charge < -0.3 is 15.2 Å². The normalized spacial score (nSPS) is 16.2. The maximum absolute atomic E-state index is 5.95. The highest BCUT2D eigenvalue weighted by molar-refractivity contribution is 5.44. The molecule has 1 aliphatic rings. The molecule has 1 aromatic rings. The molecule has 1 unspecified atom stereocenters. The van der Waals surface area contributed by atoms with Crippen molar-refractivity contribution >= 4 is 0 Å². The molecule has 19 heavy (non-hydrogen) atoms. The highest BCUT2D eigenvalue weighted by Gasteiger charge is 2.19. The van der Waals surface area contributed by atoms with Crippen LogP contribution in [0.5, 0.6) is 11.5 Å². The lowest BCUT2D eigenvalue weighted by molar-refractivity contribution is 0.223. The molecule has 1 atom stereocenters. The molecule has 0 radical (unpaired) electrons. The van der Waals surface area contributed by atoms with E-state index in [-0.39, 0.29) is 6.04 Å². The first-order valence-corrected chi connectivity index (χ1v) is 7.13. The highest BCUT2D eigenvalue weighted by Crippen LogP contribution is 2.33. The predicted octanol–water partition coefficient (Wildman–Crippen LogP) is 2.19. The van der Waals surface area contributed by atoms with Crippen LogP contribution >= 0.6 is 0 Å². The molecule has 0 amide bonds. The Labute approximate surface area is 115 Å². The molecule has 106 valence electrons. The summed E-state index contributed by atoms with van der Waals surface area (Å²) in [6.45, 7) is 8.36. The predicted molar refractivity (Wildman–Crippen MR) is 76.8 cm³/mol. The number of hydrogen-bond acceptors (Lipinski definition) is 4. The molecule has 0 spiro atoms. The van der Waals surface area contributed by atoms with Gasteiger partial charge in [-0.05, 0) is 30.8 Å². The van der Waals surface area contributed by atoms with E-state index in [0.717, 1.165) is 44.2 Å². The van der Waals surface area contributed by atoms with E-state index in [1.807, 2.05) is 6.07 Å². The van der Waals surface area contributed by atoms with E-state index in [4.69, 9.17) is 15.2 Å². The van der Waals surface area contributed by atoms with Crippen molar-refractivity contribution in [2.24, 2.45) is 5.73 Å². The van der Waals surface area contributed by atoms with E-state index >= 15 is 0 Å². The molecule has 4 heteroatoms. The summed E-state index contributed by atoms with van der Waals surface area (Å²) in [5.41, 5.74) is 7.15. The van der Waals surface area contributed by atoms with E-state index in [9.17, 15) is 0 Å². The number of hydrogen-bond donors (Lipinski definition) is 1. The van der Waals surface area contributed by atoms with Crippen LogP contribution in [-0.4, -0.2) is 37.7 Å². The molecule has 1 heterocycles. The average Bonchev–Trinajstić information content (AvgIpc) is 2.69. The van der Waals surface area contributed by atoms with Gasteiger partial charge in [0.1, 0.15) is 0 Å². The van der Waals surface area contributed by atoms with Crippen molar-refractivity contribution in [3.63, 3.8) is 0 Å². The summed E-state index contributed by atoms with van der Waals surface area (Å²) in [4.78, 5) is 2.36. The first-order chi connectivity index (χ1) is 9.30. The van der Waals surface area contributed by atoms with Gasteiger partial charge in [-0.25, -0.2) is 0 Å². The Hall–Kier alpha value is -1.26. The monoisotopic (exact) mass is 264 g/mol. The lowest BCUT2D eigenvalue weighted by Crippen LogP contribution is -2.33. The molecule has 2 N–H and O–H groups in total. The molecule has 0 bridgehead atoms. The van der Waals surface area contributed by atoms with Crippen LogP contribution in [0.4, 0.5) is 0 Å². The number of fused-ring (bicyclic) bond motifs is 1. The fraction of sp³-hybridized carbons (Fsp3) is 0.600. The van der Waals surface area contributed by atoms with Crippen molar-refractivity contribution in [2.45, 2.75) is 26.3 Å². The summed E-state index contributed by atoms with van der Waals surface area (Å²) in [5, 5.41) is 0.